The number of ether oxygens (including phenoxy) is 1. The van der Waals surface area contributed by atoms with Crippen molar-refractivity contribution >= 4 is 17.3 Å². The van der Waals surface area contributed by atoms with E-state index >= 15 is 0 Å². The number of carboxylic acids is 1. The average molecular weight is 279 g/mol. The van der Waals surface area contributed by atoms with Gasteiger partial charge in [0.2, 0.25) is 0 Å². The molecule has 0 aliphatic heterocycles. The molecule has 0 aromatic heterocycles. The largest absolute Gasteiger partial charge is 0.481 e. The van der Waals surface area contributed by atoms with E-state index < -0.39 is 17.0 Å². The molecule has 1 rings (SSSR count). The van der Waals surface area contributed by atoms with Crippen molar-refractivity contribution in [1.29, 1.82) is 5.26 Å². The second-order valence-electron chi connectivity index (χ2n) is 3.94. The van der Waals surface area contributed by atoms with Gasteiger partial charge in [-0.3, -0.25) is 14.9 Å². The molecule has 0 amide bonds. The predicted molar refractivity (Wildman–Crippen MR) is 69.4 cm³/mol. The van der Waals surface area contributed by atoms with Crippen molar-refractivity contribution in [2.24, 2.45) is 0 Å². The highest BCUT2D eigenvalue weighted by atomic mass is 16.6. The lowest BCUT2D eigenvalue weighted by Gasteiger charge is -2.14. The number of carbonyl (C=O) groups is 1. The second-order valence-corrected chi connectivity index (χ2v) is 3.94. The molecule has 1 unspecified atom stereocenters. The van der Waals surface area contributed by atoms with E-state index in [1.165, 1.54) is 25.3 Å². The lowest BCUT2D eigenvalue weighted by molar-refractivity contribution is -0.385. The van der Waals surface area contributed by atoms with E-state index in [0.717, 1.165) is 0 Å². The molecule has 8 heteroatoms. The third kappa shape index (κ3) is 4.22. The molecule has 8 nitrogen and oxygen atoms in total. The van der Waals surface area contributed by atoms with Crippen LogP contribution in [0.25, 0.3) is 0 Å². The van der Waals surface area contributed by atoms with Gasteiger partial charge >= 0.3 is 5.97 Å². The summed E-state index contributed by atoms with van der Waals surface area (Å²) in [7, 11) is 1.39. The Morgan fingerprint density at radius 1 is 1.65 bits per heavy atom. The molecule has 1 aromatic rings. The minimum absolute atomic E-state index is 0.0628. The van der Waals surface area contributed by atoms with Crippen LogP contribution in [0.3, 0.4) is 0 Å². The molecule has 0 aliphatic rings. The summed E-state index contributed by atoms with van der Waals surface area (Å²) in [6, 6.07) is 5.76. The number of anilines is 1. The van der Waals surface area contributed by atoms with Crippen LogP contribution in [0.5, 0.6) is 0 Å². The van der Waals surface area contributed by atoms with Crippen LogP contribution in [0.2, 0.25) is 0 Å². The third-order valence-electron chi connectivity index (χ3n) is 2.58. The summed E-state index contributed by atoms with van der Waals surface area (Å²) in [5.41, 5.74) is 0.152. The van der Waals surface area contributed by atoms with Gasteiger partial charge in [0.25, 0.3) is 5.69 Å². The number of nitro groups is 1. The molecule has 0 bridgehead atoms. The minimum Gasteiger partial charge on any atom is -0.481 e. The lowest BCUT2D eigenvalue weighted by Crippen LogP contribution is -2.25. The smallest absolute Gasteiger partial charge is 0.306 e. The highest BCUT2D eigenvalue weighted by Crippen LogP contribution is 2.21. The van der Waals surface area contributed by atoms with Crippen LogP contribution in [0.15, 0.2) is 18.2 Å². The van der Waals surface area contributed by atoms with E-state index in [2.05, 4.69) is 5.32 Å². The Morgan fingerprint density at radius 2 is 2.35 bits per heavy atom. The van der Waals surface area contributed by atoms with Crippen LogP contribution >= 0.6 is 0 Å². The number of nitrogens with one attached hydrogen (secondary N) is 1. The number of nitro benzene ring substituents is 1. The standard InChI is InChI=1S/C12H13N3O5/c1-20-10(5-12(16)17)7-14-9-2-3-11(15(18)19)8(4-9)6-13/h2-4,10,14H,5,7H2,1H3,(H,16,17). The number of hydrogen-bond acceptors (Lipinski definition) is 6. The van der Waals surface area contributed by atoms with Crippen LogP contribution in [0.4, 0.5) is 11.4 Å². The van der Waals surface area contributed by atoms with E-state index in [1.54, 1.807) is 6.07 Å². The number of rotatable bonds is 7. The summed E-state index contributed by atoms with van der Waals surface area (Å²) >= 11 is 0. The van der Waals surface area contributed by atoms with Gasteiger partial charge in [-0.1, -0.05) is 0 Å². The van der Waals surface area contributed by atoms with Crippen molar-refractivity contribution in [3.8, 4) is 6.07 Å². The van der Waals surface area contributed by atoms with Crippen molar-refractivity contribution in [2.75, 3.05) is 19.0 Å². The van der Waals surface area contributed by atoms with E-state index in [9.17, 15) is 14.9 Å². The summed E-state index contributed by atoms with van der Waals surface area (Å²) in [5.74, 6) is -0.986. The van der Waals surface area contributed by atoms with Crippen molar-refractivity contribution in [2.45, 2.75) is 12.5 Å². The molecule has 20 heavy (non-hydrogen) atoms. The summed E-state index contributed by atoms with van der Waals surface area (Å²) in [6.45, 7) is 0.214. The molecule has 0 heterocycles. The first kappa shape index (κ1) is 15.4. The first-order valence-electron chi connectivity index (χ1n) is 5.65. The zero-order chi connectivity index (χ0) is 15.1. The van der Waals surface area contributed by atoms with E-state index in [-0.39, 0.29) is 24.2 Å². The molecule has 0 saturated heterocycles. The monoisotopic (exact) mass is 279 g/mol. The maximum absolute atomic E-state index is 10.7. The SMILES string of the molecule is COC(CNc1ccc([N+](=O)[O-])c(C#N)c1)CC(=O)O. The van der Waals surface area contributed by atoms with Crippen LogP contribution in [0.1, 0.15) is 12.0 Å². The van der Waals surface area contributed by atoms with Crippen molar-refractivity contribution in [3.63, 3.8) is 0 Å². The number of nitrogens with zero attached hydrogens (tertiary/aromatic N) is 2. The molecule has 0 radical (unpaired) electrons. The van der Waals surface area contributed by atoms with Gasteiger partial charge < -0.3 is 15.2 Å². The molecule has 106 valence electrons. The highest BCUT2D eigenvalue weighted by molar-refractivity contribution is 5.67. The van der Waals surface area contributed by atoms with Crippen molar-refractivity contribution < 1.29 is 19.6 Å². The first-order chi connectivity index (χ1) is 9.47. The third-order valence-corrected chi connectivity index (χ3v) is 2.58. The van der Waals surface area contributed by atoms with Crippen molar-refractivity contribution in [1.82, 2.24) is 0 Å². The lowest BCUT2D eigenvalue weighted by atomic mass is 10.1. The topological polar surface area (TPSA) is 125 Å². The number of aliphatic carboxylic acids is 1. The molecular weight excluding hydrogens is 266 g/mol. The van der Waals surface area contributed by atoms with E-state index in [4.69, 9.17) is 15.1 Å². The molecular formula is C12H13N3O5. The van der Waals surface area contributed by atoms with Gasteiger partial charge in [0, 0.05) is 25.4 Å². The maximum atomic E-state index is 10.7. The van der Waals surface area contributed by atoms with Crippen LogP contribution < -0.4 is 5.32 Å². The van der Waals surface area contributed by atoms with Gasteiger partial charge in [0.15, 0.2) is 0 Å². The summed E-state index contributed by atoms with van der Waals surface area (Å²) < 4.78 is 4.98. The molecule has 2 N–H and O–H groups in total. The highest BCUT2D eigenvalue weighted by Gasteiger charge is 2.15. The van der Waals surface area contributed by atoms with Gasteiger partial charge in [-0.2, -0.15) is 5.26 Å². The van der Waals surface area contributed by atoms with Gasteiger partial charge in [-0.25, -0.2) is 0 Å². The predicted octanol–water partition coefficient (Wildman–Crippen LogP) is 1.37. The normalized spacial score (nSPS) is 11.4. The number of benzene rings is 1. The Balaban J connectivity index is 2.76. The Kier molecular flexibility index (Phi) is 5.43. The van der Waals surface area contributed by atoms with Gasteiger partial charge in [-0.05, 0) is 12.1 Å². The number of carboxylic acid groups (broad SMARTS) is 1. The zero-order valence-electron chi connectivity index (χ0n) is 10.7. The first-order valence-corrected chi connectivity index (χ1v) is 5.65. The van der Waals surface area contributed by atoms with Crippen LogP contribution in [-0.4, -0.2) is 35.8 Å². The fraction of sp³-hybridized carbons (Fsp3) is 0.333. The van der Waals surface area contributed by atoms with E-state index in [0.29, 0.717) is 5.69 Å². The summed E-state index contributed by atoms with van der Waals surface area (Å²) in [4.78, 5) is 20.6. The van der Waals surface area contributed by atoms with Gasteiger partial charge in [0.05, 0.1) is 17.4 Å². The number of methoxy groups -OCH3 is 1. The summed E-state index contributed by atoms with van der Waals surface area (Å²) in [5, 5.41) is 31.1. The maximum Gasteiger partial charge on any atom is 0.306 e. The number of nitriles is 1. The summed E-state index contributed by atoms with van der Waals surface area (Å²) in [6.07, 6.45) is -0.699. The average Bonchev–Trinajstić information content (AvgIpc) is 2.42. The van der Waals surface area contributed by atoms with E-state index in [1.807, 2.05) is 0 Å². The Hall–Kier alpha value is -2.66. The second kappa shape index (κ2) is 7.06. The molecule has 0 fully saturated rings. The van der Waals surface area contributed by atoms with Crippen LogP contribution in [0, 0.1) is 21.4 Å². The molecule has 1 aromatic carbocycles. The minimum atomic E-state index is -0.986. The Bertz CT molecular complexity index is 553. The quantitative estimate of drug-likeness (QED) is 0.570. The Labute approximate surface area is 114 Å². The fourth-order valence-corrected chi connectivity index (χ4v) is 1.56. The van der Waals surface area contributed by atoms with Crippen molar-refractivity contribution in [3.05, 3.63) is 33.9 Å². The molecule has 1 atom stereocenters. The fourth-order valence-electron chi connectivity index (χ4n) is 1.56. The van der Waals surface area contributed by atoms with Gasteiger partial charge in [0.1, 0.15) is 11.6 Å². The van der Waals surface area contributed by atoms with Crippen LogP contribution in [-0.2, 0) is 9.53 Å². The zero-order valence-corrected chi connectivity index (χ0v) is 10.7. The molecule has 0 saturated carbocycles. The molecule has 0 spiro atoms. The Morgan fingerprint density at radius 3 is 2.85 bits per heavy atom. The molecule has 0 aliphatic carbocycles. The van der Waals surface area contributed by atoms with Gasteiger partial charge in [-0.15, -0.1) is 0 Å². The number of hydrogen-bond donors (Lipinski definition) is 2.